The SMILES string of the molecule is CCCCCCC(COCC(CCCCCC)c1ccccc1[N+](=O)[O-])c1ccccc1[N+](=O)[O-]. The largest absolute Gasteiger partial charge is 0.380 e. The fourth-order valence-electron chi connectivity index (χ4n) is 4.64. The lowest BCUT2D eigenvalue weighted by Crippen LogP contribution is -2.15. The van der Waals surface area contributed by atoms with Gasteiger partial charge in [-0.05, 0) is 12.8 Å². The van der Waals surface area contributed by atoms with E-state index in [-0.39, 0.29) is 33.1 Å². The van der Waals surface area contributed by atoms with Crippen LogP contribution in [0.25, 0.3) is 0 Å². The van der Waals surface area contributed by atoms with Crippen molar-refractivity contribution in [3.05, 3.63) is 79.9 Å². The highest BCUT2D eigenvalue weighted by molar-refractivity contribution is 5.43. The minimum Gasteiger partial charge on any atom is -0.380 e. The van der Waals surface area contributed by atoms with Crippen LogP contribution in [0.2, 0.25) is 0 Å². The third-order valence-corrected chi connectivity index (χ3v) is 6.60. The summed E-state index contributed by atoms with van der Waals surface area (Å²) in [5.41, 5.74) is 1.68. The van der Waals surface area contributed by atoms with E-state index < -0.39 is 0 Å². The summed E-state index contributed by atoms with van der Waals surface area (Å²) < 4.78 is 6.21. The monoisotopic (exact) mass is 484 g/mol. The van der Waals surface area contributed by atoms with Crippen LogP contribution in [0.5, 0.6) is 0 Å². The highest BCUT2D eigenvalue weighted by Crippen LogP contribution is 2.33. The molecular formula is C28H40N2O5. The van der Waals surface area contributed by atoms with Gasteiger partial charge >= 0.3 is 0 Å². The van der Waals surface area contributed by atoms with Crippen molar-refractivity contribution in [2.75, 3.05) is 13.2 Å². The van der Waals surface area contributed by atoms with Gasteiger partial charge in [-0.2, -0.15) is 0 Å². The summed E-state index contributed by atoms with van der Waals surface area (Å²) in [6, 6.07) is 13.8. The van der Waals surface area contributed by atoms with E-state index in [1.807, 2.05) is 24.3 Å². The normalized spacial score (nSPS) is 12.9. The summed E-state index contributed by atoms with van der Waals surface area (Å²) >= 11 is 0. The lowest BCUT2D eigenvalue weighted by molar-refractivity contribution is -0.385. The van der Waals surface area contributed by atoms with Gasteiger partial charge in [0, 0.05) is 35.1 Å². The number of nitro benzene ring substituents is 2. The van der Waals surface area contributed by atoms with Gasteiger partial charge in [-0.1, -0.05) is 102 Å². The van der Waals surface area contributed by atoms with E-state index in [0.717, 1.165) is 64.2 Å². The zero-order valence-corrected chi connectivity index (χ0v) is 21.2. The van der Waals surface area contributed by atoms with E-state index in [2.05, 4.69) is 13.8 Å². The molecule has 192 valence electrons. The minimum absolute atomic E-state index is 0.0834. The fourth-order valence-corrected chi connectivity index (χ4v) is 4.64. The molecule has 0 bridgehead atoms. The molecule has 35 heavy (non-hydrogen) atoms. The second-order valence-electron chi connectivity index (χ2n) is 9.26. The average Bonchev–Trinajstić information content (AvgIpc) is 2.86. The second-order valence-corrected chi connectivity index (χ2v) is 9.26. The number of rotatable bonds is 18. The van der Waals surface area contributed by atoms with Crippen LogP contribution in [0.15, 0.2) is 48.5 Å². The van der Waals surface area contributed by atoms with Crippen LogP contribution in [0.1, 0.15) is 101 Å². The van der Waals surface area contributed by atoms with Gasteiger partial charge in [0.25, 0.3) is 11.4 Å². The number of nitro groups is 2. The van der Waals surface area contributed by atoms with Crippen LogP contribution in [0.4, 0.5) is 11.4 Å². The molecule has 7 heteroatoms. The van der Waals surface area contributed by atoms with Crippen molar-refractivity contribution in [3.63, 3.8) is 0 Å². The van der Waals surface area contributed by atoms with Gasteiger partial charge < -0.3 is 4.74 Å². The topological polar surface area (TPSA) is 95.5 Å². The van der Waals surface area contributed by atoms with Crippen molar-refractivity contribution in [1.29, 1.82) is 0 Å². The molecule has 0 fully saturated rings. The molecule has 0 radical (unpaired) electrons. The molecule has 0 saturated carbocycles. The molecule has 2 aromatic carbocycles. The maximum absolute atomic E-state index is 11.6. The molecule has 0 N–H and O–H groups in total. The van der Waals surface area contributed by atoms with Crippen LogP contribution in [-0.4, -0.2) is 23.1 Å². The van der Waals surface area contributed by atoms with Crippen LogP contribution in [-0.2, 0) is 4.74 Å². The lowest BCUT2D eigenvalue weighted by atomic mass is 9.91. The Morgan fingerprint density at radius 1 is 0.657 bits per heavy atom. The van der Waals surface area contributed by atoms with Crippen LogP contribution >= 0.6 is 0 Å². The predicted molar refractivity (Wildman–Crippen MR) is 140 cm³/mol. The van der Waals surface area contributed by atoms with E-state index >= 15 is 0 Å². The first-order chi connectivity index (χ1) is 17.0. The number of ether oxygens (including phenoxy) is 1. The van der Waals surface area contributed by atoms with Crippen molar-refractivity contribution >= 4 is 11.4 Å². The van der Waals surface area contributed by atoms with Crippen molar-refractivity contribution in [1.82, 2.24) is 0 Å². The maximum atomic E-state index is 11.6. The summed E-state index contributed by atoms with van der Waals surface area (Å²) in [6.45, 7) is 5.05. The molecule has 0 heterocycles. The van der Waals surface area contributed by atoms with Crippen LogP contribution in [0, 0.1) is 20.2 Å². The van der Waals surface area contributed by atoms with Gasteiger partial charge in [0.1, 0.15) is 0 Å². The van der Waals surface area contributed by atoms with Crippen molar-refractivity contribution in [2.24, 2.45) is 0 Å². The summed E-state index contributed by atoms with van der Waals surface area (Å²) in [5, 5.41) is 23.3. The Balaban J connectivity index is 2.17. The number of unbranched alkanes of at least 4 members (excludes halogenated alkanes) is 6. The van der Waals surface area contributed by atoms with E-state index in [1.54, 1.807) is 24.3 Å². The molecule has 0 spiro atoms. The first-order valence-electron chi connectivity index (χ1n) is 13.0. The Kier molecular flexibility index (Phi) is 13.0. The first kappa shape index (κ1) is 28.4. The van der Waals surface area contributed by atoms with E-state index in [0.29, 0.717) is 24.3 Å². The summed E-state index contributed by atoms with van der Waals surface area (Å²) in [5.74, 6) is -0.167. The molecular weight excluding hydrogens is 444 g/mol. The first-order valence-corrected chi connectivity index (χ1v) is 13.0. The highest BCUT2D eigenvalue weighted by Gasteiger charge is 2.25. The third-order valence-electron chi connectivity index (χ3n) is 6.60. The zero-order chi connectivity index (χ0) is 25.5. The molecule has 0 aliphatic carbocycles. The predicted octanol–water partition coefficient (Wildman–Crippen LogP) is 8.33. The minimum atomic E-state index is -0.321. The smallest absolute Gasteiger partial charge is 0.272 e. The quantitative estimate of drug-likeness (QED) is 0.120. The molecule has 0 aromatic heterocycles. The molecule has 0 aliphatic rings. The third kappa shape index (κ3) is 9.40. The van der Waals surface area contributed by atoms with Gasteiger partial charge in [-0.15, -0.1) is 0 Å². The standard InChI is InChI=1S/C28H40N2O5/c1-3-5-7-9-15-23(25-17-11-13-19-27(25)29(31)32)21-35-22-24(16-10-8-6-4-2)26-18-12-14-20-28(26)30(33)34/h11-14,17-20,23-24H,3-10,15-16,21-22H2,1-2H3. The Labute approximate surface area is 209 Å². The number of hydrogen-bond donors (Lipinski definition) is 0. The van der Waals surface area contributed by atoms with E-state index in [9.17, 15) is 20.2 Å². The van der Waals surface area contributed by atoms with Gasteiger partial charge in [-0.25, -0.2) is 0 Å². The van der Waals surface area contributed by atoms with E-state index in [4.69, 9.17) is 4.74 Å². The highest BCUT2D eigenvalue weighted by atomic mass is 16.6. The van der Waals surface area contributed by atoms with Gasteiger partial charge in [0.15, 0.2) is 0 Å². The molecule has 2 aromatic rings. The number of benzene rings is 2. The van der Waals surface area contributed by atoms with Gasteiger partial charge in [-0.3, -0.25) is 20.2 Å². The van der Waals surface area contributed by atoms with Crippen LogP contribution in [0.3, 0.4) is 0 Å². The van der Waals surface area contributed by atoms with Crippen LogP contribution < -0.4 is 0 Å². The molecule has 7 nitrogen and oxygen atoms in total. The number of para-hydroxylation sites is 2. The molecule has 2 rings (SSSR count). The maximum Gasteiger partial charge on any atom is 0.272 e. The Bertz CT molecular complexity index is 844. The second kappa shape index (κ2) is 16.0. The number of nitrogens with zero attached hydrogens (tertiary/aromatic N) is 2. The molecule has 2 unspecified atom stereocenters. The van der Waals surface area contributed by atoms with Gasteiger partial charge in [0.2, 0.25) is 0 Å². The van der Waals surface area contributed by atoms with E-state index in [1.165, 1.54) is 0 Å². The van der Waals surface area contributed by atoms with Gasteiger partial charge in [0.05, 0.1) is 23.1 Å². The zero-order valence-electron chi connectivity index (χ0n) is 21.2. The molecule has 0 saturated heterocycles. The molecule has 0 aliphatic heterocycles. The Morgan fingerprint density at radius 3 is 1.43 bits per heavy atom. The lowest BCUT2D eigenvalue weighted by Gasteiger charge is -2.21. The summed E-state index contributed by atoms with van der Waals surface area (Å²) in [7, 11) is 0. The summed E-state index contributed by atoms with van der Waals surface area (Å²) in [6.07, 6.45) is 10.3. The number of hydrogen-bond acceptors (Lipinski definition) is 5. The Hall–Kier alpha value is -2.80. The van der Waals surface area contributed by atoms with Crippen molar-refractivity contribution in [3.8, 4) is 0 Å². The average molecular weight is 485 g/mol. The Morgan fingerprint density at radius 2 is 1.06 bits per heavy atom. The van der Waals surface area contributed by atoms with Crippen molar-refractivity contribution in [2.45, 2.75) is 89.9 Å². The molecule has 2 atom stereocenters. The van der Waals surface area contributed by atoms with Crippen molar-refractivity contribution < 1.29 is 14.6 Å². The summed E-state index contributed by atoms with van der Waals surface area (Å²) in [4.78, 5) is 22.6. The fraction of sp³-hybridized carbons (Fsp3) is 0.571. The molecule has 0 amide bonds.